The number of carbonyl (C=O) groups is 2. The summed E-state index contributed by atoms with van der Waals surface area (Å²) in [5.41, 5.74) is 2.38. The normalized spacial score (nSPS) is 18.2. The van der Waals surface area contributed by atoms with Crippen LogP contribution in [0.5, 0.6) is 12.0 Å². The van der Waals surface area contributed by atoms with Crippen molar-refractivity contribution in [2.75, 3.05) is 39.5 Å². The van der Waals surface area contributed by atoms with Crippen LogP contribution in [0.3, 0.4) is 0 Å². The molecule has 0 aliphatic carbocycles. The van der Waals surface area contributed by atoms with Gasteiger partial charge < -0.3 is 40.6 Å². The Labute approximate surface area is 394 Å². The maximum atomic E-state index is 12.2. The van der Waals surface area contributed by atoms with Crippen LogP contribution in [-0.2, 0) is 28.7 Å². The molecule has 3 aliphatic heterocycles. The minimum absolute atomic E-state index is 0. The molecule has 2 N–H and O–H groups in total. The van der Waals surface area contributed by atoms with E-state index in [9.17, 15) is 9.59 Å². The Bertz CT molecular complexity index is 1690. The molecule has 3 aromatic heterocycles. The van der Waals surface area contributed by atoms with E-state index in [1.54, 1.807) is 34.6 Å². The SMILES string of the molecule is CC(C)(C)OC(=O)N1CCC[C@H]1CO.CCc1cnc(Cl)nc1.CCc1cnc(OC[C@@H]2CCCN2)nc1.CCc1cnc(OC[C@@H]2CCCN2C(=O)OC(C)(C)C)nc1.[H-].[HH].[HH].[Na+]. The van der Waals surface area contributed by atoms with E-state index in [1.807, 2.05) is 60.9 Å². The molecule has 18 heteroatoms. The van der Waals surface area contributed by atoms with Crippen LogP contribution in [0.25, 0.3) is 0 Å². The molecule has 0 saturated carbocycles. The first-order chi connectivity index (χ1) is 28.5. The van der Waals surface area contributed by atoms with E-state index in [1.165, 1.54) is 12.8 Å². The van der Waals surface area contributed by atoms with Crippen molar-refractivity contribution in [3.63, 3.8) is 0 Å². The van der Waals surface area contributed by atoms with Gasteiger partial charge in [0.25, 0.3) is 0 Å². The molecule has 6 rings (SSSR count). The van der Waals surface area contributed by atoms with Gasteiger partial charge in [-0.1, -0.05) is 20.8 Å². The van der Waals surface area contributed by atoms with Gasteiger partial charge in [0.05, 0.1) is 18.7 Å². The Morgan fingerprint density at radius 2 is 1.11 bits per heavy atom. The first-order valence-corrected chi connectivity index (χ1v) is 21.6. The Balaban J connectivity index is 0. The number of hydrogen-bond donors (Lipinski definition) is 2. The zero-order valence-electron chi connectivity index (χ0n) is 39.2. The minimum atomic E-state index is -0.482. The van der Waals surface area contributed by atoms with Gasteiger partial charge in [0, 0.05) is 59.2 Å². The van der Waals surface area contributed by atoms with Crippen LogP contribution < -0.4 is 44.3 Å². The summed E-state index contributed by atoms with van der Waals surface area (Å²) >= 11 is 5.45. The number of aromatic nitrogens is 6. The summed E-state index contributed by atoms with van der Waals surface area (Å²) in [4.78, 5) is 51.4. The number of hydrogen-bond acceptors (Lipinski definition) is 14. The van der Waals surface area contributed by atoms with Gasteiger partial charge in [-0.15, -0.1) is 0 Å². The fourth-order valence-corrected chi connectivity index (χ4v) is 6.22. The van der Waals surface area contributed by atoms with Crippen LogP contribution in [0.1, 0.15) is 122 Å². The van der Waals surface area contributed by atoms with Crippen molar-refractivity contribution in [2.45, 2.75) is 149 Å². The van der Waals surface area contributed by atoms with Crippen molar-refractivity contribution in [3.8, 4) is 12.0 Å². The smallest absolute Gasteiger partial charge is 1.00 e. The van der Waals surface area contributed by atoms with E-state index in [0.717, 1.165) is 68.2 Å². The van der Waals surface area contributed by atoms with E-state index in [4.69, 9.17) is 35.7 Å². The number of halogens is 1. The summed E-state index contributed by atoms with van der Waals surface area (Å²) in [5.74, 6) is 0. The summed E-state index contributed by atoms with van der Waals surface area (Å²) in [6.45, 7) is 20.9. The molecule has 340 valence electrons. The number of amides is 2. The zero-order chi connectivity index (χ0) is 44.1. The van der Waals surface area contributed by atoms with E-state index in [-0.39, 0.29) is 64.7 Å². The first-order valence-electron chi connectivity index (χ1n) is 21.2. The van der Waals surface area contributed by atoms with Crippen LogP contribution in [0.15, 0.2) is 37.2 Å². The second kappa shape index (κ2) is 27.6. The summed E-state index contributed by atoms with van der Waals surface area (Å²) in [7, 11) is 0. The number of likely N-dealkylation sites (tertiary alicyclic amines) is 2. The fraction of sp³-hybridized carbons (Fsp3) is 0.674. The molecule has 2 amide bonds. The molecule has 0 radical (unpaired) electrons. The predicted octanol–water partition coefficient (Wildman–Crippen LogP) is 4.67. The number of ether oxygens (including phenoxy) is 4. The summed E-state index contributed by atoms with van der Waals surface area (Å²) in [6.07, 6.45) is 19.0. The number of rotatable bonds is 10. The van der Waals surface area contributed by atoms with Crippen LogP contribution in [0, 0.1) is 0 Å². The average molecular weight is 887 g/mol. The molecule has 0 spiro atoms. The second-order valence-electron chi connectivity index (χ2n) is 16.7. The van der Waals surface area contributed by atoms with Gasteiger partial charge in [-0.25, -0.2) is 39.5 Å². The van der Waals surface area contributed by atoms with Crippen molar-refractivity contribution in [1.82, 2.24) is 45.0 Å². The number of carbonyl (C=O) groups excluding carboxylic acids is 2. The van der Waals surface area contributed by atoms with Crippen molar-refractivity contribution in [2.24, 2.45) is 0 Å². The average Bonchev–Trinajstić information content (AvgIpc) is 4.03. The van der Waals surface area contributed by atoms with Crippen LogP contribution in [0.2, 0.25) is 5.28 Å². The monoisotopic (exact) mass is 886 g/mol. The van der Waals surface area contributed by atoms with Gasteiger partial charge in [-0.3, -0.25) is 0 Å². The van der Waals surface area contributed by atoms with Crippen molar-refractivity contribution in [3.05, 3.63) is 59.2 Å². The largest absolute Gasteiger partial charge is 1.00 e. The summed E-state index contributed by atoms with van der Waals surface area (Å²) in [5, 5.41) is 12.7. The number of nitrogens with zero attached hydrogens (tertiary/aromatic N) is 8. The standard InChI is InChI=1S/C16H25N3O3.C11H17N3O.C10H19NO3.C6H7ClN2.Na.2H2.H/c1-5-12-9-17-14(18-10-12)21-11-13-7-6-8-19(13)15(20)22-16(2,3)4;1-2-9-6-13-11(14-7-9)15-8-10-4-3-5-12-10;1-10(2,3)14-9(13)11-6-4-5-8(11)7-12;1-2-5-3-8-6(7)9-4-5;;;;/h9-10,13H,5-8,11H2,1-4H3;6-7,10,12H,2-5,8H2,1H3;8,12H,4-7H2,1-3H3;3-4H,2H2,1H3;;2*1H;/q;;;;+1;;;-1/t13-;10-;8-;;;;;/m000...../s1. The zero-order valence-corrected chi connectivity index (χ0v) is 40.9. The third kappa shape index (κ3) is 21.0. The van der Waals surface area contributed by atoms with E-state index < -0.39 is 11.2 Å². The van der Waals surface area contributed by atoms with E-state index in [0.29, 0.717) is 49.6 Å². The molecule has 16 nitrogen and oxygen atoms in total. The molecular formula is C43H73ClN9NaO7. The number of aliphatic hydroxyl groups is 1. The topological polar surface area (TPSA) is 187 Å². The number of nitrogens with one attached hydrogen (secondary N) is 1. The molecule has 0 unspecified atom stereocenters. The third-order valence-electron chi connectivity index (χ3n) is 9.46. The fourth-order valence-electron chi connectivity index (χ4n) is 6.12. The summed E-state index contributed by atoms with van der Waals surface area (Å²) < 4.78 is 21.8. The molecule has 0 aromatic carbocycles. The maximum absolute atomic E-state index is 12.2. The molecule has 6 heterocycles. The van der Waals surface area contributed by atoms with Gasteiger partial charge in [-0.05, 0) is 134 Å². The second-order valence-corrected chi connectivity index (χ2v) is 17.0. The molecule has 0 bridgehead atoms. The third-order valence-corrected chi connectivity index (χ3v) is 9.66. The van der Waals surface area contributed by atoms with Gasteiger partial charge in [0.1, 0.15) is 24.4 Å². The molecule has 3 atom stereocenters. The van der Waals surface area contributed by atoms with Crippen molar-refractivity contribution >= 4 is 23.8 Å². The van der Waals surface area contributed by atoms with Gasteiger partial charge in [-0.2, -0.15) is 0 Å². The first kappa shape index (κ1) is 53.7. The molecule has 3 aromatic rings. The van der Waals surface area contributed by atoms with E-state index in [2.05, 4.69) is 49.1 Å². The van der Waals surface area contributed by atoms with Crippen LogP contribution in [0.4, 0.5) is 9.59 Å². The Morgan fingerprint density at radius 3 is 1.51 bits per heavy atom. The number of aryl methyl sites for hydroxylation is 3. The Kier molecular flexibility index (Phi) is 24.3. The summed E-state index contributed by atoms with van der Waals surface area (Å²) in [6, 6.07) is 1.28. The molecule has 3 aliphatic rings. The molecule has 3 fully saturated rings. The molecule has 61 heavy (non-hydrogen) atoms. The van der Waals surface area contributed by atoms with Gasteiger partial charge >= 0.3 is 53.8 Å². The number of aliphatic hydroxyl groups excluding tert-OH is 1. The van der Waals surface area contributed by atoms with Crippen molar-refractivity contribution < 1.29 is 67.5 Å². The van der Waals surface area contributed by atoms with Crippen LogP contribution in [-0.4, -0.2) is 126 Å². The quantitative estimate of drug-likeness (QED) is 0.211. The Morgan fingerprint density at radius 1 is 0.705 bits per heavy atom. The molecular weight excluding hydrogens is 813 g/mol. The molecule has 3 saturated heterocycles. The maximum Gasteiger partial charge on any atom is 1.00 e. The van der Waals surface area contributed by atoms with E-state index >= 15 is 0 Å². The van der Waals surface area contributed by atoms with Crippen molar-refractivity contribution in [1.29, 1.82) is 0 Å². The van der Waals surface area contributed by atoms with Gasteiger partial charge in [0.15, 0.2) is 0 Å². The Hall–Kier alpha value is -3.41. The minimum Gasteiger partial charge on any atom is -1.00 e. The van der Waals surface area contributed by atoms with Crippen LogP contribution >= 0.6 is 11.6 Å². The van der Waals surface area contributed by atoms with Gasteiger partial charge in [0.2, 0.25) is 5.28 Å². The predicted molar refractivity (Wildman–Crippen MR) is 236 cm³/mol.